The summed E-state index contributed by atoms with van der Waals surface area (Å²) < 4.78 is 20.1. The Morgan fingerprint density at radius 1 is 1.04 bits per heavy atom. The predicted molar refractivity (Wildman–Crippen MR) is 174 cm³/mol. The first kappa shape index (κ1) is 31.1. The van der Waals surface area contributed by atoms with E-state index in [1.54, 1.807) is 26.2 Å². The van der Waals surface area contributed by atoms with Crippen molar-refractivity contribution < 1.29 is 28.9 Å². The fraction of sp³-hybridized carbons (Fsp3) is 0.250. The number of nitriles is 1. The Morgan fingerprint density at radius 3 is 2.68 bits per heavy atom. The monoisotopic (exact) mass is 631 g/mol. The third-order valence-corrected chi connectivity index (χ3v) is 8.14. The Labute approximate surface area is 271 Å². The summed E-state index contributed by atoms with van der Waals surface area (Å²) in [6.45, 7) is 0.524. The summed E-state index contributed by atoms with van der Waals surface area (Å²) in [7, 11) is 5.07. The summed E-state index contributed by atoms with van der Waals surface area (Å²) in [6.07, 6.45) is 1.79. The Hall–Kier alpha value is -5.89. The number of amides is 1. The van der Waals surface area contributed by atoms with Crippen LogP contribution in [0.3, 0.4) is 0 Å². The molecule has 47 heavy (non-hydrogen) atoms. The number of nitrogens with zero attached hydrogens (tertiary/aromatic N) is 5. The van der Waals surface area contributed by atoms with Gasteiger partial charge >= 0.3 is 5.97 Å². The van der Waals surface area contributed by atoms with Crippen molar-refractivity contribution in [1.82, 2.24) is 19.4 Å². The van der Waals surface area contributed by atoms with Crippen LogP contribution in [0.4, 0.5) is 0 Å². The Kier molecular flexibility index (Phi) is 8.75. The topological polar surface area (TPSA) is 140 Å². The van der Waals surface area contributed by atoms with Crippen molar-refractivity contribution in [2.75, 3.05) is 27.3 Å². The molecule has 0 saturated heterocycles. The fourth-order valence-corrected chi connectivity index (χ4v) is 5.45. The molecule has 0 radical (unpaired) electrons. The third kappa shape index (κ3) is 6.72. The van der Waals surface area contributed by atoms with E-state index in [1.807, 2.05) is 60.1 Å². The fourth-order valence-electron chi connectivity index (χ4n) is 5.45. The van der Waals surface area contributed by atoms with E-state index in [0.717, 1.165) is 27.9 Å². The van der Waals surface area contributed by atoms with E-state index in [2.05, 4.69) is 6.07 Å². The maximum Gasteiger partial charge on any atom is 0.335 e. The number of aryl methyl sites for hydroxylation is 2. The van der Waals surface area contributed by atoms with Gasteiger partial charge in [-0.2, -0.15) is 5.26 Å². The molecule has 11 nitrogen and oxygen atoms in total. The Morgan fingerprint density at radius 2 is 1.89 bits per heavy atom. The first-order valence-corrected chi connectivity index (χ1v) is 15.1. The quantitative estimate of drug-likeness (QED) is 0.269. The number of likely N-dealkylation sites (N-methyl/N-ethyl adjacent to an activating group) is 1. The number of benzene rings is 3. The summed E-state index contributed by atoms with van der Waals surface area (Å²) in [6, 6.07) is 22.3. The van der Waals surface area contributed by atoms with Gasteiger partial charge in [0, 0.05) is 44.8 Å². The van der Waals surface area contributed by atoms with Crippen LogP contribution in [-0.2, 0) is 31.3 Å². The largest absolute Gasteiger partial charge is 0.493 e. The van der Waals surface area contributed by atoms with E-state index in [4.69, 9.17) is 24.2 Å². The number of rotatable bonds is 6. The van der Waals surface area contributed by atoms with E-state index >= 15 is 0 Å². The average Bonchev–Trinajstić information content (AvgIpc) is 3.39. The van der Waals surface area contributed by atoms with Crippen LogP contribution < -0.4 is 14.2 Å². The molecule has 0 unspecified atom stereocenters. The number of imidazole rings is 1. The van der Waals surface area contributed by atoms with Gasteiger partial charge in [-0.15, -0.1) is 0 Å². The highest BCUT2D eigenvalue weighted by Gasteiger charge is 2.20. The highest BCUT2D eigenvalue weighted by atomic mass is 16.5. The molecule has 3 aromatic carbocycles. The number of carbonyl (C=O) groups excluding carboxylic acids is 1. The van der Waals surface area contributed by atoms with Crippen LogP contribution in [0.1, 0.15) is 44.9 Å². The first-order chi connectivity index (χ1) is 22.7. The molecule has 0 atom stereocenters. The van der Waals surface area contributed by atoms with Crippen LogP contribution in [-0.4, -0.2) is 63.7 Å². The van der Waals surface area contributed by atoms with Gasteiger partial charge < -0.3 is 28.8 Å². The number of carboxylic acids is 1. The van der Waals surface area contributed by atoms with Crippen molar-refractivity contribution >= 4 is 22.9 Å². The SMILES string of the molecule is CN(C)C(=O)COc1cc(C(=O)O)cc2c1nc(Cc1ccc3cc1OCCCc1cc(C#N)ccc1COc1cccc-3n1)n2C. The zero-order valence-corrected chi connectivity index (χ0v) is 26.3. The van der Waals surface area contributed by atoms with Gasteiger partial charge in [0.25, 0.3) is 5.91 Å². The number of carbonyl (C=O) groups is 2. The molecule has 1 aliphatic heterocycles. The lowest BCUT2D eigenvalue weighted by molar-refractivity contribution is -0.130. The lowest BCUT2D eigenvalue weighted by atomic mass is 10.0. The molecule has 4 bridgehead atoms. The number of carboxylic acid groups (broad SMARTS) is 1. The minimum absolute atomic E-state index is 0.0306. The summed E-state index contributed by atoms with van der Waals surface area (Å²) >= 11 is 0. The second-order valence-electron chi connectivity index (χ2n) is 11.5. The van der Waals surface area contributed by atoms with E-state index in [0.29, 0.717) is 66.5 Å². The highest BCUT2D eigenvalue weighted by molar-refractivity contribution is 5.95. The second kappa shape index (κ2) is 13.2. The van der Waals surface area contributed by atoms with E-state index in [1.165, 1.54) is 11.0 Å². The number of hydrogen-bond donors (Lipinski definition) is 1. The number of aromatic carboxylic acids is 1. The predicted octanol–water partition coefficient (Wildman–Crippen LogP) is 5.17. The molecule has 6 rings (SSSR count). The normalized spacial score (nSPS) is 12.6. The summed E-state index contributed by atoms with van der Waals surface area (Å²) in [4.78, 5) is 35.1. The molecule has 1 amide bonds. The number of fused-ring (bicyclic) bond motifs is 7. The minimum Gasteiger partial charge on any atom is -0.493 e. The van der Waals surface area contributed by atoms with Crippen molar-refractivity contribution in [1.29, 1.82) is 5.26 Å². The molecule has 5 aromatic rings. The smallest absolute Gasteiger partial charge is 0.335 e. The molecular formula is C36H33N5O6. The van der Waals surface area contributed by atoms with Crippen molar-refractivity contribution in [2.45, 2.75) is 25.9 Å². The van der Waals surface area contributed by atoms with Gasteiger partial charge in [0.15, 0.2) is 6.61 Å². The van der Waals surface area contributed by atoms with Crippen LogP contribution in [0.2, 0.25) is 0 Å². The number of aromatic nitrogens is 3. The molecule has 0 aliphatic carbocycles. The standard InChI is InChI=1S/C36H33N5O6/c1-40(2)34(42)21-46-31-17-27(36(43)44)15-29-35(31)39-32(41(29)3)18-25-12-11-24-16-30(25)45-13-5-6-23-14-22(19-37)9-10-26(23)20-47-33-8-4-7-28(24)38-33/h4,7-12,14-17H,5-6,13,18,20-21H2,1-3H3,(H,43,44). The van der Waals surface area contributed by atoms with Crippen molar-refractivity contribution in [3.8, 4) is 34.7 Å². The van der Waals surface area contributed by atoms with Gasteiger partial charge in [-0.25, -0.2) is 14.8 Å². The second-order valence-corrected chi connectivity index (χ2v) is 11.5. The molecule has 0 spiro atoms. The minimum atomic E-state index is -1.11. The van der Waals surface area contributed by atoms with Gasteiger partial charge in [-0.05, 0) is 60.4 Å². The van der Waals surface area contributed by atoms with Gasteiger partial charge in [0.05, 0.1) is 35.0 Å². The number of hydrogen-bond acceptors (Lipinski definition) is 8. The summed E-state index contributed by atoms with van der Waals surface area (Å²) in [5.41, 5.74) is 6.15. The maximum absolute atomic E-state index is 12.2. The molecule has 0 saturated carbocycles. The molecule has 2 aromatic heterocycles. The van der Waals surface area contributed by atoms with Crippen LogP contribution in [0.5, 0.6) is 17.4 Å². The van der Waals surface area contributed by atoms with Crippen LogP contribution in [0.25, 0.3) is 22.3 Å². The molecule has 3 heterocycles. The zero-order chi connectivity index (χ0) is 33.1. The van der Waals surface area contributed by atoms with Gasteiger partial charge in [0.2, 0.25) is 5.88 Å². The Bertz CT molecular complexity index is 2040. The molecule has 238 valence electrons. The van der Waals surface area contributed by atoms with E-state index < -0.39 is 5.97 Å². The van der Waals surface area contributed by atoms with E-state index in [-0.39, 0.29) is 23.8 Å². The molecule has 0 fully saturated rings. The number of ether oxygens (including phenoxy) is 3. The van der Waals surface area contributed by atoms with Gasteiger partial charge in [-0.3, -0.25) is 4.79 Å². The highest BCUT2D eigenvalue weighted by Crippen LogP contribution is 2.33. The molecule has 11 heteroatoms. The van der Waals surface area contributed by atoms with Crippen LogP contribution in [0, 0.1) is 11.3 Å². The van der Waals surface area contributed by atoms with E-state index in [9.17, 15) is 20.0 Å². The lowest BCUT2D eigenvalue weighted by Gasteiger charge is -2.16. The maximum atomic E-state index is 12.2. The summed E-state index contributed by atoms with van der Waals surface area (Å²) in [5.74, 6) is 0.669. The zero-order valence-electron chi connectivity index (χ0n) is 26.3. The lowest BCUT2D eigenvalue weighted by Crippen LogP contribution is -2.27. The number of pyridine rings is 1. The molecule has 1 aliphatic rings. The van der Waals surface area contributed by atoms with Gasteiger partial charge in [0.1, 0.15) is 29.4 Å². The molecule has 1 N–H and O–H groups in total. The van der Waals surface area contributed by atoms with Crippen molar-refractivity contribution in [3.63, 3.8) is 0 Å². The van der Waals surface area contributed by atoms with Crippen LogP contribution >= 0.6 is 0 Å². The average molecular weight is 632 g/mol. The summed E-state index contributed by atoms with van der Waals surface area (Å²) in [5, 5.41) is 19.2. The molecular weight excluding hydrogens is 598 g/mol. The van der Waals surface area contributed by atoms with Crippen molar-refractivity contribution in [2.24, 2.45) is 7.05 Å². The first-order valence-electron chi connectivity index (χ1n) is 15.1. The van der Waals surface area contributed by atoms with Crippen LogP contribution in [0.15, 0.2) is 66.7 Å². The third-order valence-electron chi connectivity index (χ3n) is 8.14. The van der Waals surface area contributed by atoms with Crippen molar-refractivity contribution in [3.05, 3.63) is 100 Å². The Balaban J connectivity index is 1.35. The van der Waals surface area contributed by atoms with Gasteiger partial charge in [-0.1, -0.05) is 24.3 Å².